The van der Waals surface area contributed by atoms with Gasteiger partial charge < -0.3 is 22.1 Å². The van der Waals surface area contributed by atoms with Crippen molar-refractivity contribution in [1.29, 1.82) is 5.41 Å². The summed E-state index contributed by atoms with van der Waals surface area (Å²) in [6.07, 6.45) is 4.66. The van der Waals surface area contributed by atoms with E-state index >= 15 is 0 Å². The molecule has 0 spiro atoms. The molecular formula is C14H26N5O3. The molecule has 1 radical (unpaired) electrons. The number of carbonyl (C=O) groups is 2. The molecule has 8 heteroatoms. The summed E-state index contributed by atoms with van der Waals surface area (Å²) in [5.41, 5.74) is 10.9. The summed E-state index contributed by atoms with van der Waals surface area (Å²) in [7, 11) is 0. The zero-order valence-corrected chi connectivity index (χ0v) is 13.0. The maximum absolute atomic E-state index is 11.7. The average Bonchev–Trinajstić information content (AvgIpc) is 2.46. The molecular weight excluding hydrogens is 286 g/mol. The van der Waals surface area contributed by atoms with Crippen LogP contribution in [0.1, 0.15) is 39.0 Å². The number of nitrogens with two attached hydrogens (primary N) is 2. The molecule has 0 heterocycles. The summed E-state index contributed by atoms with van der Waals surface area (Å²) in [5.74, 6) is -1.17. The van der Waals surface area contributed by atoms with Gasteiger partial charge in [0.2, 0.25) is 12.2 Å². The molecule has 0 saturated heterocycles. The third-order valence-electron chi connectivity index (χ3n) is 3.20. The van der Waals surface area contributed by atoms with E-state index in [0.717, 1.165) is 0 Å². The van der Waals surface area contributed by atoms with E-state index in [-0.39, 0.29) is 17.6 Å². The molecule has 22 heavy (non-hydrogen) atoms. The van der Waals surface area contributed by atoms with E-state index in [1.54, 1.807) is 6.29 Å². The normalized spacial score (nSPS) is 13.0. The van der Waals surface area contributed by atoms with Crippen LogP contribution in [0.3, 0.4) is 0 Å². The molecule has 0 aliphatic rings. The molecule has 0 saturated carbocycles. The van der Waals surface area contributed by atoms with E-state index in [2.05, 4.69) is 10.6 Å². The number of nitrogens with one attached hydrogen (secondary N) is 3. The Morgan fingerprint density at radius 1 is 1.14 bits per heavy atom. The van der Waals surface area contributed by atoms with Gasteiger partial charge in [0.25, 0.3) is 0 Å². The number of ketones is 1. The van der Waals surface area contributed by atoms with Crippen molar-refractivity contribution in [3.63, 3.8) is 0 Å². The fourth-order valence-electron chi connectivity index (χ4n) is 1.84. The first-order valence-electron chi connectivity index (χ1n) is 7.37. The van der Waals surface area contributed by atoms with Crippen LogP contribution in [0.25, 0.3) is 0 Å². The van der Waals surface area contributed by atoms with Gasteiger partial charge in [-0.15, -0.1) is 0 Å². The minimum Gasteiger partial charge on any atom is -0.370 e. The topological polar surface area (TPSA) is 151 Å². The van der Waals surface area contributed by atoms with Gasteiger partial charge in [-0.05, 0) is 32.6 Å². The lowest BCUT2D eigenvalue weighted by atomic mass is 10.00. The van der Waals surface area contributed by atoms with Crippen molar-refractivity contribution in [3.05, 3.63) is 0 Å². The van der Waals surface area contributed by atoms with Crippen molar-refractivity contribution in [2.45, 2.75) is 45.1 Å². The fraction of sp³-hybridized carbons (Fsp3) is 0.714. The summed E-state index contributed by atoms with van der Waals surface area (Å²) < 4.78 is 0. The Bertz CT molecular complexity index is 387. The van der Waals surface area contributed by atoms with Gasteiger partial charge in [-0.25, -0.2) is 0 Å². The number of Topliss-reactive ketones (excluding diaryl/α,β-unsaturated/α-hetero) is 1. The molecule has 0 aromatic rings. The van der Waals surface area contributed by atoms with Crippen LogP contribution < -0.4 is 22.1 Å². The standard InChI is InChI=1S/C14H26N5O3/c1-10(21)11(9-20)5-2-3-7-18-13(22)12(15)6-4-8-19-14(16)17/h11-12H,2-8,15H2,1H3,(H,18,22)(H4,16,17,19)/t11?,12-/m0/s1. The van der Waals surface area contributed by atoms with Gasteiger partial charge in [-0.1, -0.05) is 6.42 Å². The summed E-state index contributed by atoms with van der Waals surface area (Å²) in [6, 6.07) is -0.595. The van der Waals surface area contributed by atoms with Gasteiger partial charge in [-0.2, -0.15) is 0 Å². The zero-order valence-electron chi connectivity index (χ0n) is 13.0. The van der Waals surface area contributed by atoms with Crippen LogP contribution in [-0.4, -0.2) is 43.1 Å². The molecule has 8 nitrogen and oxygen atoms in total. The van der Waals surface area contributed by atoms with Gasteiger partial charge in [0.1, 0.15) is 5.78 Å². The maximum atomic E-state index is 11.7. The van der Waals surface area contributed by atoms with Gasteiger partial charge >= 0.3 is 0 Å². The molecule has 0 aromatic carbocycles. The van der Waals surface area contributed by atoms with Gasteiger partial charge in [-0.3, -0.25) is 19.8 Å². The largest absolute Gasteiger partial charge is 0.370 e. The monoisotopic (exact) mass is 312 g/mol. The van der Waals surface area contributed by atoms with Crippen LogP contribution in [0.4, 0.5) is 0 Å². The molecule has 0 rings (SSSR count). The Balaban J connectivity index is 3.69. The zero-order chi connectivity index (χ0) is 17.0. The third-order valence-corrected chi connectivity index (χ3v) is 3.20. The van der Waals surface area contributed by atoms with E-state index in [4.69, 9.17) is 16.9 Å². The summed E-state index contributed by atoms with van der Waals surface area (Å²) in [6.45, 7) is 2.34. The van der Waals surface area contributed by atoms with E-state index in [9.17, 15) is 14.4 Å². The molecule has 0 bridgehead atoms. The first-order chi connectivity index (χ1) is 10.4. The lowest BCUT2D eigenvalue weighted by Crippen LogP contribution is -2.41. The SMILES string of the molecule is CC(=O)C([C]=O)CCCCNC(=O)[C@@H](N)CCCNC(=N)N. The minimum atomic E-state index is -0.660. The maximum Gasteiger partial charge on any atom is 0.236 e. The Labute approximate surface area is 130 Å². The Hall–Kier alpha value is -1.96. The molecule has 125 valence electrons. The van der Waals surface area contributed by atoms with Gasteiger partial charge in [0.05, 0.1) is 12.0 Å². The predicted octanol–water partition coefficient (Wildman–Crippen LogP) is -0.822. The molecule has 0 fully saturated rings. The Morgan fingerprint density at radius 2 is 1.77 bits per heavy atom. The number of hydrogen-bond donors (Lipinski definition) is 5. The summed E-state index contributed by atoms with van der Waals surface area (Å²) in [5, 5.41) is 12.3. The second kappa shape index (κ2) is 11.7. The van der Waals surface area contributed by atoms with Crippen LogP contribution in [0, 0.1) is 11.3 Å². The molecule has 1 amide bonds. The number of amides is 1. The first-order valence-corrected chi connectivity index (χ1v) is 7.37. The molecule has 0 aliphatic carbocycles. The van der Waals surface area contributed by atoms with Gasteiger partial charge in [0.15, 0.2) is 5.96 Å². The highest BCUT2D eigenvalue weighted by molar-refractivity contribution is 5.91. The quantitative estimate of drug-likeness (QED) is 0.137. The molecule has 7 N–H and O–H groups in total. The summed E-state index contributed by atoms with van der Waals surface area (Å²) in [4.78, 5) is 33.2. The predicted molar refractivity (Wildman–Crippen MR) is 83.9 cm³/mol. The van der Waals surface area contributed by atoms with Gasteiger partial charge in [0, 0.05) is 13.1 Å². The lowest BCUT2D eigenvalue weighted by Gasteiger charge is -2.12. The van der Waals surface area contributed by atoms with Crippen molar-refractivity contribution in [2.75, 3.05) is 13.1 Å². The first kappa shape index (κ1) is 20.0. The van der Waals surface area contributed by atoms with Crippen LogP contribution in [0.2, 0.25) is 0 Å². The van der Waals surface area contributed by atoms with Crippen LogP contribution in [0.15, 0.2) is 0 Å². The lowest BCUT2D eigenvalue weighted by molar-refractivity contribution is -0.122. The highest BCUT2D eigenvalue weighted by atomic mass is 16.2. The number of rotatable bonds is 12. The van der Waals surface area contributed by atoms with Crippen molar-refractivity contribution >= 4 is 23.9 Å². The average molecular weight is 312 g/mol. The minimum absolute atomic E-state index is 0.102. The second-order valence-electron chi connectivity index (χ2n) is 5.16. The number of guanidine groups is 1. The van der Waals surface area contributed by atoms with Crippen LogP contribution in [-0.2, 0) is 14.4 Å². The molecule has 1 unspecified atom stereocenters. The van der Waals surface area contributed by atoms with Crippen LogP contribution in [0.5, 0.6) is 0 Å². The van der Waals surface area contributed by atoms with E-state index in [1.165, 1.54) is 6.92 Å². The molecule has 0 aromatic heterocycles. The van der Waals surface area contributed by atoms with E-state index in [1.807, 2.05) is 0 Å². The van der Waals surface area contributed by atoms with Crippen molar-refractivity contribution < 1.29 is 14.4 Å². The second-order valence-corrected chi connectivity index (χ2v) is 5.16. The smallest absolute Gasteiger partial charge is 0.236 e. The van der Waals surface area contributed by atoms with Crippen molar-refractivity contribution in [2.24, 2.45) is 17.4 Å². The molecule has 0 aliphatic heterocycles. The number of carbonyl (C=O) groups excluding carboxylic acids is 3. The van der Waals surface area contributed by atoms with Crippen molar-refractivity contribution in [1.82, 2.24) is 10.6 Å². The summed E-state index contributed by atoms with van der Waals surface area (Å²) >= 11 is 0. The van der Waals surface area contributed by atoms with Crippen molar-refractivity contribution in [3.8, 4) is 0 Å². The highest BCUT2D eigenvalue weighted by Gasteiger charge is 2.14. The number of hydrogen-bond acceptors (Lipinski definition) is 5. The number of unbranched alkanes of at least 4 members (excludes halogenated alkanes) is 1. The fourth-order valence-corrected chi connectivity index (χ4v) is 1.84. The Kier molecular flexibility index (Phi) is 10.6. The molecule has 2 atom stereocenters. The Morgan fingerprint density at radius 3 is 2.32 bits per heavy atom. The van der Waals surface area contributed by atoms with Crippen LogP contribution >= 0.6 is 0 Å². The third kappa shape index (κ3) is 9.87. The van der Waals surface area contributed by atoms with E-state index < -0.39 is 12.0 Å². The highest BCUT2D eigenvalue weighted by Crippen LogP contribution is 2.06. The van der Waals surface area contributed by atoms with E-state index in [0.29, 0.717) is 45.2 Å².